The highest BCUT2D eigenvalue weighted by atomic mass is 16.5. The predicted molar refractivity (Wildman–Crippen MR) is 88.2 cm³/mol. The van der Waals surface area contributed by atoms with Gasteiger partial charge in [-0.2, -0.15) is 0 Å². The molecule has 1 heterocycles. The van der Waals surface area contributed by atoms with Gasteiger partial charge in [-0.25, -0.2) is 0 Å². The van der Waals surface area contributed by atoms with Crippen molar-refractivity contribution in [3.63, 3.8) is 0 Å². The Bertz CT molecular complexity index is 540. The van der Waals surface area contributed by atoms with Crippen LogP contribution in [0.5, 0.6) is 17.2 Å². The second-order valence-electron chi connectivity index (χ2n) is 5.71. The van der Waals surface area contributed by atoms with E-state index in [0.29, 0.717) is 30.1 Å². The molecule has 0 saturated carbocycles. The third kappa shape index (κ3) is 4.07. The van der Waals surface area contributed by atoms with E-state index in [9.17, 15) is 4.79 Å². The molecule has 0 bridgehead atoms. The number of hydrogen-bond donors (Lipinski definition) is 1. The quantitative estimate of drug-likeness (QED) is 0.861. The molecule has 0 atom stereocenters. The molecule has 1 amide bonds. The zero-order chi connectivity index (χ0) is 16.8. The third-order valence-electron chi connectivity index (χ3n) is 4.29. The number of rotatable bonds is 6. The van der Waals surface area contributed by atoms with Gasteiger partial charge in [0.15, 0.2) is 11.5 Å². The number of methoxy groups -OCH3 is 3. The van der Waals surface area contributed by atoms with Gasteiger partial charge in [-0.1, -0.05) is 6.07 Å². The summed E-state index contributed by atoms with van der Waals surface area (Å²) in [4.78, 5) is 14.2. The first kappa shape index (κ1) is 17.4. The number of carbonyl (C=O) groups is 1. The van der Waals surface area contributed by atoms with Crippen molar-refractivity contribution in [2.45, 2.75) is 31.7 Å². The van der Waals surface area contributed by atoms with Gasteiger partial charge in [0, 0.05) is 25.6 Å². The lowest BCUT2D eigenvalue weighted by Gasteiger charge is -2.30. The molecule has 1 aliphatic heterocycles. The Morgan fingerprint density at radius 3 is 2.35 bits per heavy atom. The monoisotopic (exact) mass is 322 g/mol. The van der Waals surface area contributed by atoms with Gasteiger partial charge in [0.25, 0.3) is 0 Å². The van der Waals surface area contributed by atoms with E-state index >= 15 is 0 Å². The molecule has 0 radical (unpaired) electrons. The summed E-state index contributed by atoms with van der Waals surface area (Å²) in [5.74, 6) is 1.96. The Labute approximate surface area is 137 Å². The molecule has 1 aliphatic rings. The largest absolute Gasteiger partial charge is 0.493 e. The zero-order valence-electron chi connectivity index (χ0n) is 14.1. The standard InChI is InChI=1S/C17H26N2O4/c1-21-14-6-4-12(16(22-2)17(14)23-3)5-7-15(20)19-10-8-13(18)9-11-19/h4,6,13H,5,7-11,18H2,1-3H3. The van der Waals surface area contributed by atoms with Crippen LogP contribution < -0.4 is 19.9 Å². The normalized spacial score (nSPS) is 15.4. The zero-order valence-corrected chi connectivity index (χ0v) is 14.1. The molecular weight excluding hydrogens is 296 g/mol. The van der Waals surface area contributed by atoms with Gasteiger partial charge in [-0.3, -0.25) is 4.79 Å². The lowest BCUT2D eigenvalue weighted by molar-refractivity contribution is -0.132. The molecule has 0 unspecified atom stereocenters. The minimum absolute atomic E-state index is 0.161. The van der Waals surface area contributed by atoms with Crippen LogP contribution >= 0.6 is 0 Å². The number of piperidine rings is 1. The van der Waals surface area contributed by atoms with Gasteiger partial charge in [-0.15, -0.1) is 0 Å². The molecule has 2 rings (SSSR count). The van der Waals surface area contributed by atoms with Crippen molar-refractivity contribution in [3.05, 3.63) is 17.7 Å². The van der Waals surface area contributed by atoms with E-state index in [1.807, 2.05) is 17.0 Å². The average molecular weight is 322 g/mol. The smallest absolute Gasteiger partial charge is 0.222 e. The number of carbonyl (C=O) groups excluding carboxylic acids is 1. The first-order chi connectivity index (χ1) is 11.1. The van der Waals surface area contributed by atoms with E-state index in [-0.39, 0.29) is 11.9 Å². The molecular formula is C17H26N2O4. The van der Waals surface area contributed by atoms with Gasteiger partial charge in [0.2, 0.25) is 11.7 Å². The van der Waals surface area contributed by atoms with E-state index in [0.717, 1.165) is 31.5 Å². The number of hydrogen-bond acceptors (Lipinski definition) is 5. The van der Waals surface area contributed by atoms with E-state index < -0.39 is 0 Å². The molecule has 1 aromatic rings. The van der Waals surface area contributed by atoms with Gasteiger partial charge < -0.3 is 24.8 Å². The van der Waals surface area contributed by atoms with E-state index in [4.69, 9.17) is 19.9 Å². The second-order valence-corrected chi connectivity index (χ2v) is 5.71. The first-order valence-electron chi connectivity index (χ1n) is 7.91. The van der Waals surface area contributed by atoms with Crippen LogP contribution in [0.3, 0.4) is 0 Å². The molecule has 6 heteroatoms. The van der Waals surface area contributed by atoms with E-state index in [1.165, 1.54) is 0 Å². The molecule has 1 fully saturated rings. The van der Waals surface area contributed by atoms with Crippen molar-refractivity contribution >= 4 is 5.91 Å². The Balaban J connectivity index is 2.04. The first-order valence-corrected chi connectivity index (χ1v) is 7.91. The fourth-order valence-corrected chi connectivity index (χ4v) is 2.91. The number of nitrogens with two attached hydrogens (primary N) is 1. The maximum absolute atomic E-state index is 12.3. The van der Waals surface area contributed by atoms with Crippen LogP contribution in [0.2, 0.25) is 0 Å². The number of nitrogens with zero attached hydrogens (tertiary/aromatic N) is 1. The summed E-state index contributed by atoms with van der Waals surface area (Å²) >= 11 is 0. The molecule has 6 nitrogen and oxygen atoms in total. The molecule has 0 aromatic heterocycles. The molecule has 0 spiro atoms. The maximum Gasteiger partial charge on any atom is 0.222 e. The fraction of sp³-hybridized carbons (Fsp3) is 0.588. The Hall–Kier alpha value is -1.95. The molecule has 1 aromatic carbocycles. The van der Waals surface area contributed by atoms with Crippen molar-refractivity contribution in [1.82, 2.24) is 4.90 Å². The van der Waals surface area contributed by atoms with Crippen molar-refractivity contribution in [1.29, 1.82) is 0 Å². The highest BCUT2D eigenvalue weighted by molar-refractivity contribution is 5.76. The van der Waals surface area contributed by atoms with Gasteiger partial charge in [0.1, 0.15) is 0 Å². The SMILES string of the molecule is COc1ccc(CCC(=O)N2CCC(N)CC2)c(OC)c1OC. The maximum atomic E-state index is 12.3. The lowest BCUT2D eigenvalue weighted by atomic mass is 10.0. The Kier molecular flexibility index (Phi) is 6.10. The highest BCUT2D eigenvalue weighted by Gasteiger charge is 2.21. The van der Waals surface area contributed by atoms with Crippen LogP contribution in [-0.4, -0.2) is 51.3 Å². The fourth-order valence-electron chi connectivity index (χ4n) is 2.91. The van der Waals surface area contributed by atoms with E-state index in [2.05, 4.69) is 0 Å². The van der Waals surface area contributed by atoms with Crippen LogP contribution in [0.4, 0.5) is 0 Å². The minimum atomic E-state index is 0.161. The summed E-state index contributed by atoms with van der Waals surface area (Å²) in [6.45, 7) is 1.51. The number of benzene rings is 1. The van der Waals surface area contributed by atoms with Gasteiger partial charge in [-0.05, 0) is 30.9 Å². The lowest BCUT2D eigenvalue weighted by Crippen LogP contribution is -2.42. The van der Waals surface area contributed by atoms with Crippen LogP contribution in [0.25, 0.3) is 0 Å². The number of likely N-dealkylation sites (tertiary alicyclic amines) is 1. The van der Waals surface area contributed by atoms with Crippen molar-refractivity contribution in [2.24, 2.45) is 5.73 Å². The highest BCUT2D eigenvalue weighted by Crippen LogP contribution is 2.40. The molecule has 0 aliphatic carbocycles. The van der Waals surface area contributed by atoms with Crippen molar-refractivity contribution in [2.75, 3.05) is 34.4 Å². The predicted octanol–water partition coefficient (Wildman–Crippen LogP) is 1.59. The van der Waals surface area contributed by atoms with E-state index in [1.54, 1.807) is 21.3 Å². The molecule has 1 saturated heterocycles. The molecule has 2 N–H and O–H groups in total. The number of amides is 1. The number of ether oxygens (including phenoxy) is 3. The molecule has 128 valence electrons. The number of aryl methyl sites for hydroxylation is 1. The Morgan fingerprint density at radius 1 is 1.13 bits per heavy atom. The topological polar surface area (TPSA) is 74.0 Å². The average Bonchev–Trinajstić information content (AvgIpc) is 2.59. The molecule has 23 heavy (non-hydrogen) atoms. The summed E-state index contributed by atoms with van der Waals surface area (Å²) < 4.78 is 16.1. The summed E-state index contributed by atoms with van der Waals surface area (Å²) in [7, 11) is 4.75. The third-order valence-corrected chi connectivity index (χ3v) is 4.29. The van der Waals surface area contributed by atoms with Crippen molar-refractivity contribution in [3.8, 4) is 17.2 Å². The summed E-state index contributed by atoms with van der Waals surface area (Å²) in [6.07, 6.45) is 2.81. The Morgan fingerprint density at radius 2 is 1.78 bits per heavy atom. The van der Waals surface area contributed by atoms with Crippen molar-refractivity contribution < 1.29 is 19.0 Å². The summed E-state index contributed by atoms with van der Waals surface area (Å²) in [5, 5.41) is 0. The summed E-state index contributed by atoms with van der Waals surface area (Å²) in [6, 6.07) is 3.98. The van der Waals surface area contributed by atoms with Crippen LogP contribution in [0.15, 0.2) is 12.1 Å². The summed E-state index contributed by atoms with van der Waals surface area (Å²) in [5.41, 5.74) is 6.82. The second kappa shape index (κ2) is 8.06. The van der Waals surface area contributed by atoms with Crippen LogP contribution in [0, 0.1) is 0 Å². The van der Waals surface area contributed by atoms with Gasteiger partial charge >= 0.3 is 0 Å². The van der Waals surface area contributed by atoms with Crippen LogP contribution in [-0.2, 0) is 11.2 Å². The van der Waals surface area contributed by atoms with Crippen LogP contribution in [0.1, 0.15) is 24.8 Å². The minimum Gasteiger partial charge on any atom is -0.493 e. The van der Waals surface area contributed by atoms with Gasteiger partial charge in [0.05, 0.1) is 21.3 Å².